The Morgan fingerprint density at radius 3 is 2.31 bits per heavy atom. The molecule has 2 aromatic heterocycles. The molecule has 0 radical (unpaired) electrons. The summed E-state index contributed by atoms with van der Waals surface area (Å²) in [6, 6.07) is 12.3. The maximum Gasteiger partial charge on any atom is 0.227 e. The third-order valence-corrected chi connectivity index (χ3v) is 5.51. The summed E-state index contributed by atoms with van der Waals surface area (Å²) >= 11 is 0. The average molecular weight is 478 g/mol. The number of nitrogens with one attached hydrogen (secondary N) is 1. The summed E-state index contributed by atoms with van der Waals surface area (Å²) in [5, 5.41) is 7.08. The predicted octanol–water partition coefficient (Wildman–Crippen LogP) is 3.33. The molecule has 1 N–H and O–H groups in total. The topological polar surface area (TPSA) is 114 Å². The highest BCUT2D eigenvalue weighted by molar-refractivity contribution is 5.77. The number of hydrogen-bond acceptors (Lipinski definition) is 8. The number of ether oxygens (including phenoxy) is 3. The van der Waals surface area contributed by atoms with Crippen LogP contribution in [0.25, 0.3) is 11.4 Å². The first-order valence-electron chi connectivity index (χ1n) is 11.0. The normalized spacial score (nSPS) is 11.7. The van der Waals surface area contributed by atoms with Crippen LogP contribution in [0.2, 0.25) is 0 Å². The van der Waals surface area contributed by atoms with E-state index in [1.165, 1.54) is 0 Å². The van der Waals surface area contributed by atoms with E-state index >= 15 is 0 Å². The van der Waals surface area contributed by atoms with Crippen LogP contribution in [-0.4, -0.2) is 46.9 Å². The SMILES string of the molecule is COc1ccc(-c2noc(CCC(=O)NC(c3cc(OC)cc(OC)c3)c3nccn3C)n2)cc1. The van der Waals surface area contributed by atoms with Gasteiger partial charge in [-0.05, 0) is 42.0 Å². The third-order valence-electron chi connectivity index (χ3n) is 5.51. The smallest absolute Gasteiger partial charge is 0.227 e. The number of nitrogens with zero attached hydrogens (tertiary/aromatic N) is 4. The lowest BCUT2D eigenvalue weighted by Crippen LogP contribution is -2.31. The highest BCUT2D eigenvalue weighted by atomic mass is 16.5. The molecule has 35 heavy (non-hydrogen) atoms. The van der Waals surface area contributed by atoms with E-state index in [0.29, 0.717) is 35.5 Å². The van der Waals surface area contributed by atoms with Crippen molar-refractivity contribution in [3.05, 3.63) is 72.1 Å². The van der Waals surface area contributed by atoms with E-state index in [2.05, 4.69) is 20.4 Å². The molecule has 2 aromatic carbocycles. The molecule has 10 nitrogen and oxygen atoms in total. The zero-order chi connectivity index (χ0) is 24.8. The van der Waals surface area contributed by atoms with Gasteiger partial charge in [0, 0.05) is 43.9 Å². The standard InChI is InChI=1S/C25H27N5O5/c1-30-12-11-26-25(30)23(17-13-19(33-3)15-20(14-17)34-4)27-21(31)9-10-22-28-24(29-35-22)16-5-7-18(32-2)8-6-16/h5-8,11-15,23H,9-10H2,1-4H3,(H,27,31). The van der Waals surface area contributed by atoms with Crippen LogP contribution in [0.3, 0.4) is 0 Å². The first kappa shape index (κ1) is 23.8. The van der Waals surface area contributed by atoms with E-state index < -0.39 is 6.04 Å². The summed E-state index contributed by atoms with van der Waals surface area (Å²) in [5.41, 5.74) is 1.58. The van der Waals surface area contributed by atoms with E-state index in [1.54, 1.807) is 33.6 Å². The number of benzene rings is 2. The van der Waals surface area contributed by atoms with Gasteiger partial charge in [-0.3, -0.25) is 4.79 Å². The van der Waals surface area contributed by atoms with Crippen molar-refractivity contribution in [1.82, 2.24) is 25.0 Å². The number of aryl methyl sites for hydroxylation is 2. The van der Waals surface area contributed by atoms with Crippen LogP contribution in [0.15, 0.2) is 59.4 Å². The number of carbonyl (C=O) groups is 1. The number of methoxy groups -OCH3 is 3. The summed E-state index contributed by atoms with van der Waals surface area (Å²) in [5.74, 6) is 3.29. The minimum atomic E-state index is -0.510. The van der Waals surface area contributed by atoms with Crippen molar-refractivity contribution < 1.29 is 23.5 Å². The Morgan fingerprint density at radius 1 is 1.03 bits per heavy atom. The molecule has 0 aliphatic rings. The second-order valence-electron chi connectivity index (χ2n) is 7.78. The molecule has 1 amide bonds. The van der Waals surface area contributed by atoms with Crippen LogP contribution in [0.4, 0.5) is 0 Å². The van der Waals surface area contributed by atoms with E-state index in [4.69, 9.17) is 18.7 Å². The van der Waals surface area contributed by atoms with Gasteiger partial charge in [0.25, 0.3) is 0 Å². The van der Waals surface area contributed by atoms with Gasteiger partial charge in [-0.25, -0.2) is 4.98 Å². The lowest BCUT2D eigenvalue weighted by molar-refractivity contribution is -0.121. The van der Waals surface area contributed by atoms with Gasteiger partial charge in [-0.15, -0.1) is 0 Å². The number of carbonyl (C=O) groups excluding carboxylic acids is 1. The first-order valence-corrected chi connectivity index (χ1v) is 11.0. The van der Waals surface area contributed by atoms with Gasteiger partial charge in [0.15, 0.2) is 0 Å². The molecule has 1 unspecified atom stereocenters. The van der Waals surface area contributed by atoms with Crippen LogP contribution >= 0.6 is 0 Å². The molecule has 0 bridgehead atoms. The van der Waals surface area contributed by atoms with Gasteiger partial charge in [-0.2, -0.15) is 4.98 Å². The lowest BCUT2D eigenvalue weighted by Gasteiger charge is -2.20. The van der Waals surface area contributed by atoms with Gasteiger partial charge in [0.05, 0.1) is 21.3 Å². The lowest BCUT2D eigenvalue weighted by atomic mass is 10.0. The van der Waals surface area contributed by atoms with E-state index in [-0.39, 0.29) is 12.3 Å². The van der Waals surface area contributed by atoms with Gasteiger partial charge in [-0.1, -0.05) is 5.16 Å². The van der Waals surface area contributed by atoms with Crippen molar-refractivity contribution in [2.45, 2.75) is 18.9 Å². The van der Waals surface area contributed by atoms with Crippen LogP contribution in [0.1, 0.15) is 29.7 Å². The van der Waals surface area contributed by atoms with Crippen LogP contribution < -0.4 is 19.5 Å². The molecule has 0 aliphatic heterocycles. The Morgan fingerprint density at radius 2 is 1.71 bits per heavy atom. The number of imidazole rings is 1. The van der Waals surface area contributed by atoms with Crippen molar-refractivity contribution in [2.24, 2.45) is 7.05 Å². The third kappa shape index (κ3) is 5.60. The molecular weight excluding hydrogens is 450 g/mol. The molecule has 0 saturated carbocycles. The maximum atomic E-state index is 12.9. The number of amides is 1. The van der Waals surface area contributed by atoms with E-state index in [0.717, 1.165) is 16.9 Å². The van der Waals surface area contributed by atoms with Gasteiger partial charge >= 0.3 is 0 Å². The summed E-state index contributed by atoms with van der Waals surface area (Å²) in [4.78, 5) is 21.8. The van der Waals surface area contributed by atoms with Crippen molar-refractivity contribution in [3.8, 4) is 28.6 Å². The van der Waals surface area contributed by atoms with Gasteiger partial charge in [0.2, 0.25) is 17.6 Å². The van der Waals surface area contributed by atoms with Gasteiger partial charge < -0.3 is 28.6 Å². The van der Waals surface area contributed by atoms with E-state index in [1.807, 2.05) is 54.2 Å². The van der Waals surface area contributed by atoms with Crippen molar-refractivity contribution in [3.63, 3.8) is 0 Å². The Hall–Kier alpha value is -4.34. The van der Waals surface area contributed by atoms with Crippen LogP contribution in [0, 0.1) is 0 Å². The minimum Gasteiger partial charge on any atom is -0.497 e. The summed E-state index contributed by atoms with van der Waals surface area (Å²) in [6.45, 7) is 0. The zero-order valence-electron chi connectivity index (χ0n) is 20.0. The Bertz CT molecular complexity index is 1260. The molecule has 2 heterocycles. The Labute approximate surface area is 202 Å². The van der Waals surface area contributed by atoms with Gasteiger partial charge in [0.1, 0.15) is 29.1 Å². The van der Waals surface area contributed by atoms with E-state index in [9.17, 15) is 4.79 Å². The van der Waals surface area contributed by atoms with Crippen LogP contribution in [0.5, 0.6) is 17.2 Å². The molecular formula is C25H27N5O5. The predicted molar refractivity (Wildman–Crippen MR) is 127 cm³/mol. The largest absolute Gasteiger partial charge is 0.497 e. The highest BCUT2D eigenvalue weighted by Crippen LogP contribution is 2.29. The molecule has 0 aliphatic carbocycles. The number of rotatable bonds is 10. The monoisotopic (exact) mass is 477 g/mol. The Kier molecular flexibility index (Phi) is 7.30. The van der Waals surface area contributed by atoms with Crippen molar-refractivity contribution >= 4 is 5.91 Å². The van der Waals surface area contributed by atoms with Crippen LogP contribution in [-0.2, 0) is 18.3 Å². The zero-order valence-corrected chi connectivity index (χ0v) is 20.0. The Balaban J connectivity index is 1.47. The second kappa shape index (κ2) is 10.7. The highest BCUT2D eigenvalue weighted by Gasteiger charge is 2.23. The fourth-order valence-corrected chi connectivity index (χ4v) is 3.62. The summed E-state index contributed by atoms with van der Waals surface area (Å²) < 4.78 is 23.2. The average Bonchev–Trinajstić information content (AvgIpc) is 3.54. The molecule has 0 spiro atoms. The van der Waals surface area contributed by atoms with Crippen molar-refractivity contribution in [2.75, 3.05) is 21.3 Å². The molecule has 10 heteroatoms. The molecule has 0 fully saturated rings. The molecule has 182 valence electrons. The molecule has 1 atom stereocenters. The summed E-state index contributed by atoms with van der Waals surface area (Å²) in [7, 11) is 6.64. The van der Waals surface area contributed by atoms with Crippen molar-refractivity contribution in [1.29, 1.82) is 0 Å². The molecule has 0 saturated heterocycles. The minimum absolute atomic E-state index is 0.159. The molecule has 4 rings (SSSR count). The maximum absolute atomic E-state index is 12.9. The fraction of sp³-hybridized carbons (Fsp3) is 0.280. The quantitative estimate of drug-likeness (QED) is 0.370. The summed E-state index contributed by atoms with van der Waals surface area (Å²) in [6.07, 6.45) is 3.96. The fourth-order valence-electron chi connectivity index (χ4n) is 3.62. The first-order chi connectivity index (χ1) is 17.0. The second-order valence-corrected chi connectivity index (χ2v) is 7.78. The number of aromatic nitrogens is 4. The molecule has 4 aromatic rings. The number of hydrogen-bond donors (Lipinski definition) is 1.